The number of ether oxygens (including phenoxy) is 8. The minimum Gasteiger partial charge on any atom is -0.507 e. The molecule has 1 aliphatic carbocycles. The lowest BCUT2D eigenvalue weighted by atomic mass is 9.77. The van der Waals surface area contributed by atoms with Gasteiger partial charge in [-0.25, -0.2) is 0 Å². The number of aliphatic hydroxyl groups excluding tert-OH is 2. The van der Waals surface area contributed by atoms with E-state index in [1.807, 2.05) is 0 Å². The average molecular weight is 982 g/mol. The van der Waals surface area contributed by atoms with Crippen LogP contribution in [0, 0.1) is 36.0 Å². The smallest absolute Gasteiger partial charge is 0.312 e. The fourth-order valence-corrected chi connectivity index (χ4v) is 9.48. The van der Waals surface area contributed by atoms with E-state index in [4.69, 9.17) is 37.9 Å². The number of carbonyl (C=O) groups is 7. The highest BCUT2D eigenvalue weighted by atomic mass is 16.7. The number of aliphatic carboxylic acids is 1. The molecule has 0 radical (unpaired) electrons. The van der Waals surface area contributed by atoms with Crippen molar-refractivity contribution in [3.8, 4) is 11.5 Å². The molecule has 1 aromatic carbocycles. The number of rotatable bonds is 8. The molecule has 2 saturated heterocycles. The minimum absolute atomic E-state index is 0.0225. The maximum absolute atomic E-state index is 14.4. The number of hydrogen-bond acceptors (Lipinski definition) is 18. The Morgan fingerprint density at radius 3 is 2.30 bits per heavy atom. The molecule has 0 saturated carbocycles. The van der Waals surface area contributed by atoms with Crippen molar-refractivity contribution in [3.05, 3.63) is 70.2 Å². The number of carbonyl (C=O) groups excluding carboxylic acids is 6. The van der Waals surface area contributed by atoms with Crippen molar-refractivity contribution in [3.63, 3.8) is 0 Å². The van der Waals surface area contributed by atoms with Crippen LogP contribution in [0.2, 0.25) is 0 Å². The summed E-state index contributed by atoms with van der Waals surface area (Å²) in [6, 6.07) is 0. The highest BCUT2D eigenvalue weighted by molar-refractivity contribution is 6.30. The van der Waals surface area contributed by atoms with E-state index in [0.29, 0.717) is 0 Å². The number of carboxylic acids is 1. The highest BCUT2D eigenvalue weighted by Crippen LogP contribution is 2.48. The quantitative estimate of drug-likeness (QED) is 0.227. The lowest BCUT2D eigenvalue weighted by molar-refractivity contribution is -0.246. The third-order valence-electron chi connectivity index (χ3n) is 13.8. The monoisotopic (exact) mass is 981 g/mol. The van der Waals surface area contributed by atoms with Crippen LogP contribution in [-0.4, -0.2) is 129 Å². The molecule has 382 valence electrons. The summed E-state index contributed by atoms with van der Waals surface area (Å²) >= 11 is 0. The van der Waals surface area contributed by atoms with E-state index in [2.05, 4.69) is 5.32 Å². The third-order valence-corrected chi connectivity index (χ3v) is 13.8. The fourth-order valence-electron chi connectivity index (χ4n) is 9.48. The summed E-state index contributed by atoms with van der Waals surface area (Å²) in [4.78, 5) is 93.6. The molecule has 0 aromatic heterocycles. The number of amides is 1. The molecule has 1 amide bonds. The van der Waals surface area contributed by atoms with Crippen LogP contribution < -0.4 is 10.1 Å². The predicted octanol–water partition coefficient (Wildman–Crippen LogP) is 4.29. The van der Waals surface area contributed by atoms with Crippen molar-refractivity contribution in [2.45, 2.75) is 150 Å². The van der Waals surface area contributed by atoms with Crippen molar-refractivity contribution in [1.29, 1.82) is 0 Å². The van der Waals surface area contributed by atoms with Crippen molar-refractivity contribution in [2.24, 2.45) is 29.1 Å². The van der Waals surface area contributed by atoms with Crippen LogP contribution in [0.15, 0.2) is 47.9 Å². The van der Waals surface area contributed by atoms with E-state index >= 15 is 0 Å². The van der Waals surface area contributed by atoms with Gasteiger partial charge in [-0.15, -0.1) is 0 Å². The molecule has 2 fully saturated rings. The molecule has 7 rings (SSSR count). The van der Waals surface area contributed by atoms with Crippen LogP contribution in [0.3, 0.4) is 0 Å². The molecule has 0 spiro atoms. The predicted molar refractivity (Wildman–Crippen MR) is 243 cm³/mol. The molecule has 14 atom stereocenters. The Labute approximate surface area is 404 Å². The molecule has 5 N–H and O–H groups in total. The Kier molecular flexibility index (Phi) is 16.0. The molecule has 1 aromatic rings. The van der Waals surface area contributed by atoms with Gasteiger partial charge in [0, 0.05) is 61.2 Å². The van der Waals surface area contributed by atoms with Crippen LogP contribution in [0.5, 0.6) is 11.5 Å². The molecule has 6 aliphatic rings. The average Bonchev–Trinajstić information content (AvgIpc) is 3.86. The zero-order chi connectivity index (χ0) is 51.9. The number of carboxylic acid groups (broad SMARTS) is 1. The van der Waals surface area contributed by atoms with Crippen molar-refractivity contribution in [1.82, 2.24) is 5.32 Å². The number of hydrogen-bond donors (Lipinski definition) is 5. The Morgan fingerprint density at radius 2 is 1.64 bits per heavy atom. The summed E-state index contributed by atoms with van der Waals surface area (Å²) in [6.45, 7) is 16.1. The first-order chi connectivity index (χ1) is 32.7. The van der Waals surface area contributed by atoms with Gasteiger partial charge in [0.15, 0.2) is 12.1 Å². The Morgan fingerprint density at radius 1 is 0.957 bits per heavy atom. The maximum Gasteiger partial charge on any atom is 0.312 e. The van der Waals surface area contributed by atoms with Crippen molar-refractivity contribution < 1.29 is 91.9 Å². The summed E-state index contributed by atoms with van der Waals surface area (Å²) in [5, 5.41) is 47.5. The second-order valence-electron chi connectivity index (χ2n) is 19.5. The van der Waals surface area contributed by atoms with E-state index in [1.54, 1.807) is 20.8 Å². The van der Waals surface area contributed by atoms with Gasteiger partial charge >= 0.3 is 23.7 Å². The summed E-state index contributed by atoms with van der Waals surface area (Å²) < 4.78 is 48.0. The van der Waals surface area contributed by atoms with E-state index < -0.39 is 148 Å². The molecule has 20 nitrogen and oxygen atoms in total. The normalized spacial score (nSPS) is 34.9. The van der Waals surface area contributed by atoms with Gasteiger partial charge in [0.2, 0.25) is 5.78 Å². The van der Waals surface area contributed by atoms with Crippen LogP contribution in [0.4, 0.5) is 0 Å². The number of esters is 2. The first-order valence-electron chi connectivity index (χ1n) is 23.1. The Hall–Kier alpha value is -5.77. The second kappa shape index (κ2) is 20.9. The summed E-state index contributed by atoms with van der Waals surface area (Å²) in [6.07, 6.45) is -1.45. The SMILES string of the molecule is CC(=O)O[C@H]1[C@H](C)[C@H](O)[C@H](C)[C@@H](O)[C@@H](C(C)OC(=O)C(C)(C)CC(=O)O)/C=C\C=C(\C)C(=O)NC2=CC(=O)c3c(c(O)c(C)c4c3C(=O)[C@@](C)(O/C=C\[C@H](O[C@H]3C[C@@H]5OCO[C@@H]5[C@@H](C)O3)[C@H]1C)O4)C2=O. The number of benzene rings is 1. The Balaban J connectivity index is 1.45. The Bertz CT molecular complexity index is 2420. The van der Waals surface area contributed by atoms with Crippen LogP contribution in [0.25, 0.3) is 0 Å². The molecule has 5 aliphatic heterocycles. The lowest BCUT2D eigenvalue weighted by Crippen LogP contribution is -2.50. The minimum atomic E-state index is -2.18. The lowest BCUT2D eigenvalue weighted by Gasteiger charge is -2.41. The van der Waals surface area contributed by atoms with Gasteiger partial charge in [-0.1, -0.05) is 39.0 Å². The van der Waals surface area contributed by atoms with Gasteiger partial charge in [-0.2, -0.15) is 0 Å². The number of phenolic OH excluding ortho intramolecular Hbond substituents is 1. The summed E-state index contributed by atoms with van der Waals surface area (Å²) in [7, 11) is 0. The van der Waals surface area contributed by atoms with Crippen molar-refractivity contribution in [2.75, 3.05) is 6.79 Å². The zero-order valence-corrected chi connectivity index (χ0v) is 41.0. The number of Topliss-reactive ketones (excluding diaryl/α,β-unsaturated/α-hetero) is 2. The molecular weight excluding hydrogens is 919 g/mol. The molecular formula is C50H63NO19. The molecule has 70 heavy (non-hydrogen) atoms. The van der Waals surface area contributed by atoms with Gasteiger partial charge in [-0.3, -0.25) is 33.6 Å². The number of phenols is 1. The highest BCUT2D eigenvalue weighted by Gasteiger charge is 2.52. The van der Waals surface area contributed by atoms with Crippen LogP contribution in [0.1, 0.15) is 119 Å². The zero-order valence-electron chi connectivity index (χ0n) is 41.0. The van der Waals surface area contributed by atoms with Crippen molar-refractivity contribution >= 4 is 41.2 Å². The first-order valence-corrected chi connectivity index (χ1v) is 23.1. The van der Waals surface area contributed by atoms with Crippen LogP contribution >= 0.6 is 0 Å². The molecule has 5 bridgehead atoms. The fraction of sp³-hybridized carbons (Fsp3) is 0.580. The van der Waals surface area contributed by atoms with E-state index in [1.165, 1.54) is 79.7 Å². The largest absolute Gasteiger partial charge is 0.507 e. The van der Waals surface area contributed by atoms with E-state index in [0.717, 1.165) is 12.3 Å². The van der Waals surface area contributed by atoms with Crippen LogP contribution in [-0.2, 0) is 52.3 Å². The number of nitrogens with one attached hydrogen (secondary N) is 1. The van der Waals surface area contributed by atoms with E-state index in [9.17, 15) is 54.0 Å². The summed E-state index contributed by atoms with van der Waals surface area (Å²) in [5.41, 5.74) is -3.40. The summed E-state index contributed by atoms with van der Waals surface area (Å²) in [5.74, 6) is -13.6. The second-order valence-corrected chi connectivity index (χ2v) is 19.5. The third kappa shape index (κ3) is 10.8. The number of allylic oxidation sites excluding steroid dienone is 4. The van der Waals surface area contributed by atoms with Gasteiger partial charge in [0.1, 0.15) is 36.6 Å². The molecule has 5 heterocycles. The van der Waals surface area contributed by atoms with Gasteiger partial charge in [0.05, 0.1) is 71.0 Å². The molecule has 1 unspecified atom stereocenters. The van der Waals surface area contributed by atoms with Gasteiger partial charge in [-0.05, 0) is 47.6 Å². The maximum atomic E-state index is 14.4. The molecule has 20 heteroatoms. The number of fused-ring (bicyclic) bond motifs is 15. The first kappa shape index (κ1) is 53.6. The van der Waals surface area contributed by atoms with Gasteiger partial charge < -0.3 is 63.6 Å². The van der Waals surface area contributed by atoms with Gasteiger partial charge in [0.25, 0.3) is 11.7 Å². The van der Waals surface area contributed by atoms with E-state index in [-0.39, 0.29) is 47.9 Å². The topological polar surface area (TPSA) is 286 Å². The number of aromatic hydroxyl groups is 1. The standard InChI is InChI=1S/C50H63NO19/c1-21-13-12-14-29(26(6)67-48(62)49(9,10)19-34(54)55)40(57)23(3)39(56)24(4)43(68-28(8)52)22(2)32(69-35-18-33-45(27(7)66-35)64-20-63-33)15-16-65-50(11)46(60)38-36-31(53)17-30(51-47(21)61)42(59)37(36)41(58)25(5)44(38)70-50/h12-17,22-24,26-27,29,32-33,35,39-40,43,45,56-58H,18-20H2,1-11H3,(H,51,61)(H,54,55)/b14-12-,16-15-,21-13-/t22-,23+,24-,26?,27-,29-,32+,33+,35+,39-,40-,43-,45-,50+/m1/s1. The number of ketones is 3. The number of aliphatic hydroxyl groups is 2.